The second-order valence-electron chi connectivity index (χ2n) is 6.67. The summed E-state index contributed by atoms with van der Waals surface area (Å²) in [4.78, 5) is 6.14. The lowest BCUT2D eigenvalue weighted by Crippen LogP contribution is -2.43. The Bertz CT molecular complexity index is 660. The van der Waals surface area contributed by atoms with E-state index in [9.17, 15) is 0 Å². The van der Waals surface area contributed by atoms with Crippen LogP contribution in [0.3, 0.4) is 0 Å². The van der Waals surface area contributed by atoms with Crippen LogP contribution < -0.4 is 0 Å². The summed E-state index contributed by atoms with van der Waals surface area (Å²) < 4.78 is 0. The molecule has 3 atom stereocenters. The monoisotopic (exact) mass is 288 g/mol. The number of rotatable bonds is 0. The topological polar surface area (TPSA) is 19.0 Å². The molecule has 4 rings (SSSR count). The molecule has 1 fully saturated rings. The number of aromatic nitrogens is 1. The Morgan fingerprint density at radius 2 is 2.20 bits per heavy atom. The van der Waals surface area contributed by atoms with Gasteiger partial charge in [0.15, 0.2) is 0 Å². The zero-order valence-corrected chi connectivity index (χ0v) is 12.9. The van der Waals surface area contributed by atoms with Gasteiger partial charge in [-0.05, 0) is 68.0 Å². The van der Waals surface area contributed by atoms with Gasteiger partial charge in [-0.25, -0.2) is 0 Å². The van der Waals surface area contributed by atoms with Gasteiger partial charge in [-0.1, -0.05) is 18.5 Å². The van der Waals surface area contributed by atoms with Crippen LogP contribution in [0.5, 0.6) is 0 Å². The normalized spacial score (nSPS) is 30.2. The first-order chi connectivity index (χ1) is 9.63. The van der Waals surface area contributed by atoms with Gasteiger partial charge in [-0.2, -0.15) is 0 Å². The van der Waals surface area contributed by atoms with Gasteiger partial charge >= 0.3 is 0 Å². The predicted octanol–water partition coefficient (Wildman–Crippen LogP) is 4.05. The number of nitrogens with one attached hydrogen (secondary N) is 1. The second kappa shape index (κ2) is 4.51. The number of benzene rings is 1. The standard InChI is InChI=1S/C17H21ClN2/c1-10-14-9-20(2)6-5-11(14)7-16-17(10)13-8-12(18)3-4-15(13)19-16/h3-4,8,10-11,14,19H,5-7,9H2,1-2H3. The lowest BCUT2D eigenvalue weighted by atomic mass is 9.68. The van der Waals surface area contributed by atoms with Crippen molar-refractivity contribution in [3.63, 3.8) is 0 Å². The maximum absolute atomic E-state index is 6.20. The Kier molecular flexibility index (Phi) is 2.87. The largest absolute Gasteiger partial charge is 0.358 e. The van der Waals surface area contributed by atoms with Crippen molar-refractivity contribution in [3.05, 3.63) is 34.5 Å². The van der Waals surface area contributed by atoms with Crippen LogP contribution in [-0.4, -0.2) is 30.0 Å². The Morgan fingerprint density at radius 3 is 3.05 bits per heavy atom. The molecular formula is C17H21ClN2. The number of fused-ring (bicyclic) bond motifs is 4. The number of hydrogen-bond acceptors (Lipinski definition) is 1. The first-order valence-corrected chi connectivity index (χ1v) is 8.00. The van der Waals surface area contributed by atoms with E-state index in [1.54, 1.807) is 0 Å². The van der Waals surface area contributed by atoms with Gasteiger partial charge < -0.3 is 9.88 Å². The molecule has 0 saturated carbocycles. The van der Waals surface area contributed by atoms with Crippen LogP contribution in [0.2, 0.25) is 5.02 Å². The molecule has 0 spiro atoms. The third-order valence-electron chi connectivity index (χ3n) is 5.46. The summed E-state index contributed by atoms with van der Waals surface area (Å²) in [6, 6.07) is 6.24. The molecule has 20 heavy (non-hydrogen) atoms. The van der Waals surface area contributed by atoms with Crippen LogP contribution in [0.15, 0.2) is 18.2 Å². The van der Waals surface area contributed by atoms with E-state index in [1.165, 1.54) is 48.1 Å². The minimum Gasteiger partial charge on any atom is -0.358 e. The molecule has 1 aliphatic heterocycles. The average molecular weight is 289 g/mol. The molecule has 3 unspecified atom stereocenters. The fourth-order valence-corrected chi connectivity index (χ4v) is 4.59. The van der Waals surface area contributed by atoms with Crippen molar-refractivity contribution >= 4 is 22.5 Å². The molecule has 0 radical (unpaired) electrons. The molecule has 1 saturated heterocycles. The van der Waals surface area contributed by atoms with E-state index in [0.717, 1.165) is 16.9 Å². The molecule has 1 N–H and O–H groups in total. The van der Waals surface area contributed by atoms with E-state index in [1.807, 2.05) is 6.07 Å². The van der Waals surface area contributed by atoms with Crippen LogP contribution in [0.4, 0.5) is 0 Å². The van der Waals surface area contributed by atoms with Gasteiger partial charge in [-0.3, -0.25) is 0 Å². The molecule has 0 bridgehead atoms. The van der Waals surface area contributed by atoms with E-state index in [4.69, 9.17) is 11.6 Å². The van der Waals surface area contributed by atoms with E-state index < -0.39 is 0 Å². The van der Waals surface area contributed by atoms with Gasteiger partial charge in [0.05, 0.1) is 0 Å². The fourth-order valence-electron chi connectivity index (χ4n) is 4.42. The highest BCUT2D eigenvalue weighted by molar-refractivity contribution is 6.31. The van der Waals surface area contributed by atoms with Gasteiger partial charge in [0, 0.05) is 28.2 Å². The third kappa shape index (κ3) is 1.82. The number of H-pyrrole nitrogens is 1. The minimum atomic E-state index is 0.624. The summed E-state index contributed by atoms with van der Waals surface area (Å²) in [6.45, 7) is 4.89. The summed E-state index contributed by atoms with van der Waals surface area (Å²) in [5.74, 6) is 2.26. The van der Waals surface area contributed by atoms with E-state index >= 15 is 0 Å². The molecule has 1 aromatic carbocycles. The van der Waals surface area contributed by atoms with Crippen molar-refractivity contribution in [1.82, 2.24) is 9.88 Å². The van der Waals surface area contributed by atoms with Crippen molar-refractivity contribution in [2.45, 2.75) is 25.7 Å². The highest BCUT2D eigenvalue weighted by atomic mass is 35.5. The quantitative estimate of drug-likeness (QED) is 0.775. The predicted molar refractivity (Wildman–Crippen MR) is 84.5 cm³/mol. The molecule has 2 aromatic rings. The number of piperidine rings is 1. The summed E-state index contributed by atoms with van der Waals surface area (Å²) >= 11 is 6.20. The fraction of sp³-hybridized carbons (Fsp3) is 0.529. The minimum absolute atomic E-state index is 0.624. The molecule has 3 heteroatoms. The van der Waals surface area contributed by atoms with Crippen molar-refractivity contribution in [2.24, 2.45) is 11.8 Å². The van der Waals surface area contributed by atoms with E-state index in [2.05, 4.69) is 36.0 Å². The zero-order chi connectivity index (χ0) is 13.9. The molecule has 106 valence electrons. The van der Waals surface area contributed by atoms with Crippen molar-refractivity contribution < 1.29 is 0 Å². The maximum Gasteiger partial charge on any atom is 0.0460 e. The lowest BCUT2D eigenvalue weighted by Gasteiger charge is -2.43. The Morgan fingerprint density at radius 1 is 1.35 bits per heavy atom. The SMILES string of the molecule is CC1c2c([nH]c3ccc(Cl)cc23)CC2CCN(C)CC21. The highest BCUT2D eigenvalue weighted by Gasteiger charge is 2.38. The lowest BCUT2D eigenvalue weighted by molar-refractivity contribution is 0.116. The first kappa shape index (κ1) is 12.7. The number of nitrogens with zero attached hydrogens (tertiary/aromatic N) is 1. The van der Waals surface area contributed by atoms with Gasteiger partial charge in [-0.15, -0.1) is 0 Å². The van der Waals surface area contributed by atoms with Crippen molar-refractivity contribution in [1.29, 1.82) is 0 Å². The molecule has 2 aliphatic rings. The van der Waals surface area contributed by atoms with Crippen LogP contribution in [0, 0.1) is 11.8 Å². The Hall–Kier alpha value is -0.990. The first-order valence-electron chi connectivity index (χ1n) is 7.62. The zero-order valence-electron chi connectivity index (χ0n) is 12.1. The number of aromatic amines is 1. The summed E-state index contributed by atoms with van der Waals surface area (Å²) in [6.07, 6.45) is 2.55. The molecule has 0 amide bonds. The second-order valence-corrected chi connectivity index (χ2v) is 7.11. The van der Waals surface area contributed by atoms with Crippen molar-refractivity contribution in [2.75, 3.05) is 20.1 Å². The molecule has 1 aromatic heterocycles. The van der Waals surface area contributed by atoms with Crippen molar-refractivity contribution in [3.8, 4) is 0 Å². The molecule has 2 heterocycles. The molecule has 1 aliphatic carbocycles. The van der Waals surface area contributed by atoms with Crippen LogP contribution in [-0.2, 0) is 6.42 Å². The van der Waals surface area contributed by atoms with Crippen LogP contribution in [0.1, 0.15) is 30.5 Å². The molecule has 2 nitrogen and oxygen atoms in total. The average Bonchev–Trinajstić information content (AvgIpc) is 2.77. The smallest absolute Gasteiger partial charge is 0.0460 e. The third-order valence-corrected chi connectivity index (χ3v) is 5.69. The summed E-state index contributed by atoms with van der Waals surface area (Å²) in [7, 11) is 2.25. The maximum atomic E-state index is 6.20. The van der Waals surface area contributed by atoms with E-state index in [0.29, 0.717) is 5.92 Å². The summed E-state index contributed by atoms with van der Waals surface area (Å²) in [5.41, 5.74) is 4.23. The number of hydrogen-bond donors (Lipinski definition) is 1. The van der Waals surface area contributed by atoms with Crippen LogP contribution >= 0.6 is 11.6 Å². The molecular weight excluding hydrogens is 268 g/mol. The number of halogens is 1. The van der Waals surface area contributed by atoms with Gasteiger partial charge in [0.25, 0.3) is 0 Å². The van der Waals surface area contributed by atoms with Gasteiger partial charge in [0.1, 0.15) is 0 Å². The number of likely N-dealkylation sites (tertiary alicyclic amines) is 1. The Labute approximate surface area is 125 Å². The highest BCUT2D eigenvalue weighted by Crippen LogP contribution is 2.46. The Balaban J connectivity index is 1.85. The van der Waals surface area contributed by atoms with Crippen LogP contribution in [0.25, 0.3) is 10.9 Å². The van der Waals surface area contributed by atoms with Gasteiger partial charge in [0.2, 0.25) is 0 Å². The van der Waals surface area contributed by atoms with E-state index in [-0.39, 0.29) is 0 Å². The summed E-state index contributed by atoms with van der Waals surface area (Å²) in [5, 5.41) is 2.18.